The van der Waals surface area contributed by atoms with Gasteiger partial charge in [0.2, 0.25) is 10.0 Å². The molecule has 1 aliphatic rings. The van der Waals surface area contributed by atoms with Gasteiger partial charge in [-0.1, -0.05) is 18.6 Å². The summed E-state index contributed by atoms with van der Waals surface area (Å²) in [5.41, 5.74) is 0.704. The minimum Gasteiger partial charge on any atom is -0.495 e. The lowest BCUT2D eigenvalue weighted by Gasteiger charge is -2.26. The third kappa shape index (κ3) is 5.79. The van der Waals surface area contributed by atoms with Gasteiger partial charge >= 0.3 is 0 Å². The van der Waals surface area contributed by atoms with Crippen LogP contribution >= 0.6 is 0 Å². The van der Waals surface area contributed by atoms with E-state index in [1.165, 1.54) is 17.5 Å². The summed E-state index contributed by atoms with van der Waals surface area (Å²) in [6.45, 7) is 4.19. The lowest BCUT2D eigenvalue weighted by Crippen LogP contribution is -2.35. The molecule has 0 saturated carbocycles. The predicted molar refractivity (Wildman–Crippen MR) is 122 cm³/mol. The Bertz CT molecular complexity index is 1020. The molecule has 0 atom stereocenters. The molecule has 0 radical (unpaired) electrons. The second-order valence-electron chi connectivity index (χ2n) is 7.33. The first-order chi connectivity index (χ1) is 15.5. The quantitative estimate of drug-likeness (QED) is 0.543. The van der Waals surface area contributed by atoms with Crippen LogP contribution in [0.1, 0.15) is 36.5 Å². The van der Waals surface area contributed by atoms with Gasteiger partial charge in [-0.05, 0) is 50.1 Å². The van der Waals surface area contributed by atoms with Gasteiger partial charge in [0.05, 0.1) is 19.3 Å². The lowest BCUT2D eigenvalue weighted by atomic mass is 10.2. The van der Waals surface area contributed by atoms with Crippen molar-refractivity contribution in [1.29, 1.82) is 0 Å². The highest BCUT2D eigenvalue weighted by Gasteiger charge is 2.29. The van der Waals surface area contributed by atoms with Crippen LogP contribution in [0.2, 0.25) is 0 Å². The average Bonchev–Trinajstić information content (AvgIpc) is 2.82. The Morgan fingerprint density at radius 3 is 2.50 bits per heavy atom. The second kappa shape index (κ2) is 11.3. The summed E-state index contributed by atoms with van der Waals surface area (Å²) >= 11 is 0. The SMILES string of the molecule is CCOCCOc1ccccc1C(=O)Nc1ccc(OC)c(S(=O)(=O)N2CCCCC2)c1. The molecule has 32 heavy (non-hydrogen) atoms. The predicted octanol–water partition coefficient (Wildman–Crippen LogP) is 3.54. The molecule has 0 bridgehead atoms. The summed E-state index contributed by atoms with van der Waals surface area (Å²) < 4.78 is 44.1. The molecular formula is C23H30N2O6S. The standard InChI is InChI=1S/C23H30N2O6S/c1-3-30-15-16-31-20-10-6-5-9-19(20)23(26)24-18-11-12-21(29-2)22(17-18)32(27,28)25-13-7-4-8-14-25/h5-6,9-12,17H,3-4,7-8,13-16H2,1-2H3,(H,24,26). The zero-order chi connectivity index (χ0) is 23.0. The number of rotatable bonds is 10. The largest absolute Gasteiger partial charge is 0.495 e. The normalized spacial score (nSPS) is 14.7. The fourth-order valence-corrected chi connectivity index (χ4v) is 5.23. The third-order valence-corrected chi connectivity index (χ3v) is 7.10. The molecule has 8 nitrogen and oxygen atoms in total. The van der Waals surface area contributed by atoms with Crippen LogP contribution < -0.4 is 14.8 Å². The maximum atomic E-state index is 13.2. The van der Waals surface area contributed by atoms with Gasteiger partial charge in [-0.2, -0.15) is 4.31 Å². The monoisotopic (exact) mass is 462 g/mol. The topological polar surface area (TPSA) is 94.2 Å². The van der Waals surface area contributed by atoms with Gasteiger partial charge in [-0.15, -0.1) is 0 Å². The first-order valence-electron chi connectivity index (χ1n) is 10.8. The van der Waals surface area contributed by atoms with E-state index < -0.39 is 15.9 Å². The Morgan fingerprint density at radius 2 is 1.78 bits per heavy atom. The number of amides is 1. The minimum atomic E-state index is -3.73. The first kappa shape index (κ1) is 24.0. The number of benzene rings is 2. The van der Waals surface area contributed by atoms with E-state index in [9.17, 15) is 13.2 Å². The second-order valence-corrected chi connectivity index (χ2v) is 9.23. The molecule has 0 spiro atoms. The number of para-hydroxylation sites is 1. The molecule has 0 unspecified atom stereocenters. The molecule has 0 aliphatic carbocycles. The van der Waals surface area contributed by atoms with Gasteiger partial charge < -0.3 is 19.5 Å². The summed E-state index contributed by atoms with van der Waals surface area (Å²) in [4.78, 5) is 13.0. The number of nitrogens with one attached hydrogen (secondary N) is 1. The van der Waals surface area contributed by atoms with Crippen LogP contribution in [-0.4, -0.2) is 58.7 Å². The highest BCUT2D eigenvalue weighted by atomic mass is 32.2. The molecule has 1 heterocycles. The number of nitrogens with zero attached hydrogens (tertiary/aromatic N) is 1. The Hall–Kier alpha value is -2.62. The van der Waals surface area contributed by atoms with Gasteiger partial charge in [-0.25, -0.2) is 8.42 Å². The lowest BCUT2D eigenvalue weighted by molar-refractivity contribution is 0.0998. The smallest absolute Gasteiger partial charge is 0.259 e. The van der Waals surface area contributed by atoms with Crippen LogP contribution in [0.3, 0.4) is 0 Å². The Labute approximate surface area is 189 Å². The first-order valence-corrected chi connectivity index (χ1v) is 12.2. The highest BCUT2D eigenvalue weighted by Crippen LogP contribution is 2.31. The highest BCUT2D eigenvalue weighted by molar-refractivity contribution is 7.89. The van der Waals surface area contributed by atoms with E-state index in [0.29, 0.717) is 49.9 Å². The molecular weight excluding hydrogens is 432 g/mol. The molecule has 1 amide bonds. The Balaban J connectivity index is 1.81. The van der Waals surface area contributed by atoms with Crippen LogP contribution in [0, 0.1) is 0 Å². The molecule has 2 aromatic carbocycles. The van der Waals surface area contributed by atoms with Crippen molar-refractivity contribution in [2.75, 3.05) is 45.3 Å². The Morgan fingerprint density at radius 1 is 1.03 bits per heavy atom. The van der Waals surface area contributed by atoms with Gasteiger partial charge in [0.1, 0.15) is 23.0 Å². The minimum absolute atomic E-state index is 0.0425. The summed E-state index contributed by atoms with van der Waals surface area (Å²) in [5, 5.41) is 2.78. The zero-order valence-electron chi connectivity index (χ0n) is 18.5. The summed E-state index contributed by atoms with van der Waals surface area (Å²) in [6, 6.07) is 11.5. The van der Waals surface area contributed by atoms with Gasteiger partial charge in [0.15, 0.2) is 0 Å². The van der Waals surface area contributed by atoms with Crippen molar-refractivity contribution in [1.82, 2.24) is 4.31 Å². The number of methoxy groups -OCH3 is 1. The van der Waals surface area contributed by atoms with Crippen LogP contribution in [0.5, 0.6) is 11.5 Å². The number of carbonyl (C=O) groups is 1. The third-order valence-electron chi connectivity index (χ3n) is 5.18. The van der Waals surface area contributed by atoms with Crippen molar-refractivity contribution in [2.45, 2.75) is 31.1 Å². The van der Waals surface area contributed by atoms with Crippen molar-refractivity contribution < 1.29 is 27.4 Å². The van der Waals surface area contributed by atoms with Gasteiger partial charge in [0.25, 0.3) is 5.91 Å². The van der Waals surface area contributed by atoms with E-state index in [4.69, 9.17) is 14.2 Å². The van der Waals surface area contributed by atoms with E-state index >= 15 is 0 Å². The zero-order valence-corrected chi connectivity index (χ0v) is 19.3. The average molecular weight is 463 g/mol. The maximum absolute atomic E-state index is 13.2. The molecule has 1 fully saturated rings. The molecule has 1 saturated heterocycles. The molecule has 1 aliphatic heterocycles. The summed E-state index contributed by atoms with van der Waals surface area (Å²) in [7, 11) is -2.31. The number of anilines is 1. The van der Waals surface area contributed by atoms with Gasteiger partial charge in [-0.3, -0.25) is 4.79 Å². The number of hydrogen-bond donors (Lipinski definition) is 1. The van der Waals surface area contributed by atoms with Crippen molar-refractivity contribution in [3.05, 3.63) is 48.0 Å². The molecule has 174 valence electrons. The molecule has 0 aromatic heterocycles. The molecule has 3 rings (SSSR count). The molecule has 9 heteroatoms. The fraction of sp³-hybridized carbons (Fsp3) is 0.435. The van der Waals surface area contributed by atoms with Crippen molar-refractivity contribution >= 4 is 21.6 Å². The van der Waals surface area contributed by atoms with Crippen LogP contribution in [0.25, 0.3) is 0 Å². The van der Waals surface area contributed by atoms with Crippen LogP contribution in [-0.2, 0) is 14.8 Å². The van der Waals surface area contributed by atoms with Crippen LogP contribution in [0.15, 0.2) is 47.4 Å². The maximum Gasteiger partial charge on any atom is 0.259 e. The van der Waals surface area contributed by atoms with E-state index in [1.54, 1.807) is 36.4 Å². The van der Waals surface area contributed by atoms with Crippen molar-refractivity contribution in [3.63, 3.8) is 0 Å². The molecule has 1 N–H and O–H groups in total. The number of sulfonamides is 1. The van der Waals surface area contributed by atoms with Crippen molar-refractivity contribution in [3.8, 4) is 11.5 Å². The summed E-state index contributed by atoms with van der Waals surface area (Å²) in [6.07, 6.45) is 2.68. The van der Waals surface area contributed by atoms with Crippen LogP contribution in [0.4, 0.5) is 5.69 Å². The summed E-state index contributed by atoms with van der Waals surface area (Å²) in [5.74, 6) is 0.274. The van der Waals surface area contributed by atoms with E-state index in [-0.39, 0.29) is 10.6 Å². The van der Waals surface area contributed by atoms with E-state index in [2.05, 4.69) is 5.32 Å². The van der Waals surface area contributed by atoms with E-state index in [1.807, 2.05) is 6.92 Å². The van der Waals surface area contributed by atoms with Gasteiger partial charge in [0, 0.05) is 25.4 Å². The van der Waals surface area contributed by atoms with E-state index in [0.717, 1.165) is 19.3 Å². The number of carbonyl (C=O) groups excluding carboxylic acids is 1. The number of hydrogen-bond acceptors (Lipinski definition) is 6. The Kier molecular flexibility index (Phi) is 8.49. The molecule has 2 aromatic rings. The van der Waals surface area contributed by atoms with Crippen molar-refractivity contribution in [2.24, 2.45) is 0 Å². The number of ether oxygens (including phenoxy) is 3. The fourth-order valence-electron chi connectivity index (χ4n) is 3.53. The number of piperidine rings is 1.